The molecule has 0 aliphatic heterocycles. The van der Waals surface area contributed by atoms with Crippen LogP contribution in [0.15, 0.2) is 24.3 Å². The van der Waals surface area contributed by atoms with E-state index in [1.165, 1.54) is 0 Å². The van der Waals surface area contributed by atoms with Gasteiger partial charge in [-0.3, -0.25) is 0 Å². The zero-order valence-corrected chi connectivity index (χ0v) is 14.3. The maximum atomic E-state index is 9.46. The number of aliphatic hydroxyl groups excluding tert-OH is 2. The van der Waals surface area contributed by atoms with Crippen molar-refractivity contribution < 1.29 is 14.9 Å². The molecule has 0 aliphatic carbocycles. The highest BCUT2D eigenvalue weighted by Gasteiger charge is 2.13. The molecule has 2 N–H and O–H groups in total. The minimum Gasteiger partial charge on any atom is -0.478 e. The molecule has 4 nitrogen and oxygen atoms in total. The summed E-state index contributed by atoms with van der Waals surface area (Å²) in [6.07, 6.45) is 0.208. The summed E-state index contributed by atoms with van der Waals surface area (Å²) in [5.74, 6) is 0.584. The minimum atomic E-state index is -0.375. The number of aryl methyl sites for hydroxylation is 2. The first kappa shape index (κ1) is 17.4. The molecule has 0 fully saturated rings. The molecule has 1 atom stereocenters. The van der Waals surface area contributed by atoms with Crippen molar-refractivity contribution in [3.8, 4) is 17.0 Å². The molecule has 0 bridgehead atoms. The number of aliphatic hydroxyl groups is 2. The van der Waals surface area contributed by atoms with E-state index in [0.717, 1.165) is 33.5 Å². The van der Waals surface area contributed by atoms with Gasteiger partial charge in [0.05, 0.1) is 19.3 Å². The molecule has 124 valence electrons. The Labute approximate surface area is 137 Å². The molecule has 1 aromatic carbocycles. The van der Waals surface area contributed by atoms with Gasteiger partial charge in [0, 0.05) is 23.7 Å². The summed E-state index contributed by atoms with van der Waals surface area (Å²) < 4.78 is 5.63. The third kappa shape index (κ3) is 4.09. The van der Waals surface area contributed by atoms with Crippen molar-refractivity contribution in [2.75, 3.05) is 6.61 Å². The van der Waals surface area contributed by atoms with Gasteiger partial charge in [0.25, 0.3) is 0 Å². The minimum absolute atomic E-state index is 0.0335. The van der Waals surface area contributed by atoms with Gasteiger partial charge in [0.15, 0.2) is 0 Å². The van der Waals surface area contributed by atoms with Crippen LogP contribution in [0.1, 0.15) is 35.7 Å². The van der Waals surface area contributed by atoms with Gasteiger partial charge >= 0.3 is 0 Å². The molecule has 0 radical (unpaired) electrons. The lowest BCUT2D eigenvalue weighted by Crippen LogP contribution is -2.09. The van der Waals surface area contributed by atoms with E-state index >= 15 is 0 Å². The van der Waals surface area contributed by atoms with Crippen LogP contribution in [0.4, 0.5) is 0 Å². The fourth-order valence-electron chi connectivity index (χ4n) is 2.74. The van der Waals surface area contributed by atoms with E-state index in [1.807, 2.05) is 39.0 Å². The van der Waals surface area contributed by atoms with Crippen molar-refractivity contribution in [1.82, 2.24) is 4.98 Å². The van der Waals surface area contributed by atoms with E-state index in [-0.39, 0.29) is 12.7 Å². The number of hydrogen-bond donors (Lipinski definition) is 2. The standard InChI is InChI=1S/C19H25NO3/c1-12-10-18(23-9-8-13(2)22)20-15(4)19(12)17-7-5-6-16(11-21)14(17)3/h5-7,10,13,21-22H,8-9,11H2,1-4H3. The predicted molar refractivity (Wildman–Crippen MR) is 91.6 cm³/mol. The Morgan fingerprint density at radius 1 is 1.22 bits per heavy atom. The number of nitrogens with zero attached hydrogens (tertiary/aromatic N) is 1. The van der Waals surface area contributed by atoms with Gasteiger partial charge in [-0.05, 0) is 49.9 Å². The SMILES string of the molecule is Cc1cc(OCCC(C)O)nc(C)c1-c1cccc(CO)c1C. The van der Waals surface area contributed by atoms with Crippen molar-refractivity contribution in [2.45, 2.75) is 46.8 Å². The van der Waals surface area contributed by atoms with Gasteiger partial charge in [-0.15, -0.1) is 0 Å². The fourth-order valence-corrected chi connectivity index (χ4v) is 2.74. The van der Waals surface area contributed by atoms with Crippen LogP contribution in [0.2, 0.25) is 0 Å². The molecule has 0 saturated heterocycles. The molecule has 23 heavy (non-hydrogen) atoms. The van der Waals surface area contributed by atoms with Gasteiger partial charge in [-0.2, -0.15) is 0 Å². The van der Waals surface area contributed by atoms with Crippen LogP contribution in [0.3, 0.4) is 0 Å². The maximum Gasteiger partial charge on any atom is 0.213 e. The second kappa shape index (κ2) is 7.57. The van der Waals surface area contributed by atoms with E-state index in [1.54, 1.807) is 6.92 Å². The Morgan fingerprint density at radius 3 is 2.57 bits per heavy atom. The molecule has 1 aromatic heterocycles. The van der Waals surface area contributed by atoms with Crippen LogP contribution in [0.25, 0.3) is 11.1 Å². The van der Waals surface area contributed by atoms with Crippen LogP contribution >= 0.6 is 0 Å². The smallest absolute Gasteiger partial charge is 0.213 e. The highest BCUT2D eigenvalue weighted by Crippen LogP contribution is 2.32. The molecule has 1 heterocycles. The first-order chi connectivity index (χ1) is 10.9. The quantitative estimate of drug-likeness (QED) is 0.858. The van der Waals surface area contributed by atoms with E-state index in [4.69, 9.17) is 4.74 Å². The van der Waals surface area contributed by atoms with Gasteiger partial charge in [0.2, 0.25) is 5.88 Å². The van der Waals surface area contributed by atoms with Crippen molar-refractivity contribution >= 4 is 0 Å². The summed E-state index contributed by atoms with van der Waals surface area (Å²) in [5, 5.41) is 18.7. The molecule has 0 saturated carbocycles. The first-order valence-corrected chi connectivity index (χ1v) is 7.92. The van der Waals surface area contributed by atoms with Crippen molar-refractivity contribution in [3.05, 3.63) is 46.6 Å². The zero-order valence-electron chi connectivity index (χ0n) is 14.3. The summed E-state index contributed by atoms with van der Waals surface area (Å²) in [6, 6.07) is 7.87. The predicted octanol–water partition coefficient (Wildman–Crippen LogP) is 3.32. The molecular formula is C19H25NO3. The molecule has 2 aromatic rings. The monoisotopic (exact) mass is 315 g/mol. The second-order valence-corrected chi connectivity index (χ2v) is 5.97. The van der Waals surface area contributed by atoms with Crippen molar-refractivity contribution in [2.24, 2.45) is 0 Å². The molecule has 0 amide bonds. The lowest BCUT2D eigenvalue weighted by molar-refractivity contribution is 0.154. The summed E-state index contributed by atoms with van der Waals surface area (Å²) in [7, 11) is 0. The van der Waals surface area contributed by atoms with Gasteiger partial charge in [-0.25, -0.2) is 4.98 Å². The lowest BCUT2D eigenvalue weighted by Gasteiger charge is -2.16. The Hall–Kier alpha value is -1.91. The van der Waals surface area contributed by atoms with Crippen LogP contribution in [0.5, 0.6) is 5.88 Å². The fraction of sp³-hybridized carbons (Fsp3) is 0.421. The first-order valence-electron chi connectivity index (χ1n) is 7.92. The van der Waals surface area contributed by atoms with Crippen molar-refractivity contribution in [3.63, 3.8) is 0 Å². The maximum absolute atomic E-state index is 9.46. The van der Waals surface area contributed by atoms with Crippen LogP contribution in [0, 0.1) is 20.8 Å². The highest BCUT2D eigenvalue weighted by atomic mass is 16.5. The Balaban J connectivity index is 2.34. The van der Waals surface area contributed by atoms with Crippen LogP contribution < -0.4 is 4.74 Å². The normalized spacial score (nSPS) is 12.3. The Kier molecular flexibility index (Phi) is 5.74. The molecule has 4 heteroatoms. The van der Waals surface area contributed by atoms with E-state index in [2.05, 4.69) is 11.1 Å². The van der Waals surface area contributed by atoms with E-state index in [9.17, 15) is 10.2 Å². The molecule has 0 spiro atoms. The molecule has 0 aliphatic rings. The topological polar surface area (TPSA) is 62.6 Å². The number of pyridine rings is 1. The third-order valence-corrected chi connectivity index (χ3v) is 4.05. The van der Waals surface area contributed by atoms with Gasteiger partial charge in [-0.1, -0.05) is 18.2 Å². The van der Waals surface area contributed by atoms with Crippen molar-refractivity contribution in [1.29, 1.82) is 0 Å². The number of hydrogen-bond acceptors (Lipinski definition) is 4. The summed E-state index contributed by atoms with van der Waals surface area (Å²) in [5.41, 5.74) is 6.16. The largest absolute Gasteiger partial charge is 0.478 e. The number of ether oxygens (including phenoxy) is 1. The summed E-state index contributed by atoms with van der Waals surface area (Å²) >= 11 is 0. The molecule has 1 unspecified atom stereocenters. The third-order valence-electron chi connectivity index (χ3n) is 4.05. The highest BCUT2D eigenvalue weighted by molar-refractivity contribution is 5.73. The summed E-state index contributed by atoms with van der Waals surface area (Å²) in [6.45, 7) is 8.25. The Morgan fingerprint density at radius 2 is 1.96 bits per heavy atom. The molecule has 2 rings (SSSR count). The van der Waals surface area contributed by atoms with E-state index in [0.29, 0.717) is 18.9 Å². The average molecular weight is 315 g/mol. The van der Waals surface area contributed by atoms with Crippen LogP contribution in [-0.4, -0.2) is 27.9 Å². The van der Waals surface area contributed by atoms with Gasteiger partial charge < -0.3 is 14.9 Å². The Bertz CT molecular complexity index is 657. The van der Waals surface area contributed by atoms with Gasteiger partial charge in [0.1, 0.15) is 0 Å². The number of rotatable bonds is 6. The second-order valence-electron chi connectivity index (χ2n) is 5.97. The lowest BCUT2D eigenvalue weighted by atomic mass is 9.93. The van der Waals surface area contributed by atoms with Crippen LogP contribution in [-0.2, 0) is 6.61 Å². The number of benzene rings is 1. The average Bonchev–Trinajstić information content (AvgIpc) is 2.48. The molecular weight excluding hydrogens is 290 g/mol. The van der Waals surface area contributed by atoms with E-state index < -0.39 is 0 Å². The summed E-state index contributed by atoms with van der Waals surface area (Å²) in [4.78, 5) is 4.54. The number of aromatic nitrogens is 1. The zero-order chi connectivity index (χ0) is 17.0.